The minimum Gasteiger partial charge on any atom is -0.466 e. The van der Waals surface area contributed by atoms with Gasteiger partial charge in [0.15, 0.2) is 5.56 Å². The van der Waals surface area contributed by atoms with Crippen molar-refractivity contribution in [2.75, 3.05) is 12.4 Å². The predicted molar refractivity (Wildman–Crippen MR) is 90.2 cm³/mol. The van der Waals surface area contributed by atoms with Gasteiger partial charge in [-0.05, 0) is 32.6 Å². The largest absolute Gasteiger partial charge is 0.510 e. The second kappa shape index (κ2) is 11.3. The van der Waals surface area contributed by atoms with Crippen molar-refractivity contribution in [3.8, 4) is 0 Å². The summed E-state index contributed by atoms with van der Waals surface area (Å²) in [7, 11) is 3.71. The lowest BCUT2D eigenvalue weighted by Crippen LogP contribution is -2.25. The normalized spacial score (nSPS) is 20.2. The summed E-state index contributed by atoms with van der Waals surface area (Å²) in [6.45, 7) is 3.83. The van der Waals surface area contributed by atoms with E-state index in [9.17, 15) is 9.59 Å². The molecule has 0 aliphatic carbocycles. The summed E-state index contributed by atoms with van der Waals surface area (Å²) in [6, 6.07) is 0. The van der Waals surface area contributed by atoms with Gasteiger partial charge in [-0.2, -0.15) is 0 Å². The Hall–Kier alpha value is -0.270. The predicted octanol–water partition coefficient (Wildman–Crippen LogP) is 4.37. The Balaban J connectivity index is 2.43. The third kappa shape index (κ3) is 9.00. The maximum Gasteiger partial charge on any atom is 0.510 e. The molecule has 0 aromatic rings. The first kappa shape index (κ1) is 19.8. The third-order valence-electron chi connectivity index (χ3n) is 2.92. The van der Waals surface area contributed by atoms with Crippen molar-refractivity contribution in [1.29, 1.82) is 0 Å². The van der Waals surface area contributed by atoms with E-state index in [1.165, 1.54) is 6.92 Å². The average Bonchev–Trinajstić information content (AvgIpc) is 2.94. The second-order valence-electron chi connectivity index (χ2n) is 4.98. The number of ether oxygens (including phenoxy) is 3. The number of hydrogen-bond donors (Lipinski definition) is 0. The number of hydrogen-bond acceptors (Lipinski definition) is 7. The van der Waals surface area contributed by atoms with E-state index >= 15 is 0 Å². The molecule has 0 N–H and O–H groups in total. The lowest BCUT2D eigenvalue weighted by Gasteiger charge is -2.18. The van der Waals surface area contributed by atoms with Crippen molar-refractivity contribution in [2.45, 2.75) is 62.9 Å². The third-order valence-corrected chi connectivity index (χ3v) is 6.02. The van der Waals surface area contributed by atoms with Gasteiger partial charge in [-0.3, -0.25) is 4.79 Å². The zero-order chi connectivity index (χ0) is 16.4. The summed E-state index contributed by atoms with van der Waals surface area (Å²) in [5, 5.41) is 0.547. The van der Waals surface area contributed by atoms with Gasteiger partial charge in [0, 0.05) is 11.0 Å². The molecule has 1 fully saturated rings. The van der Waals surface area contributed by atoms with Crippen molar-refractivity contribution in [2.24, 2.45) is 0 Å². The van der Waals surface area contributed by atoms with Crippen LogP contribution in [0.25, 0.3) is 0 Å². The van der Waals surface area contributed by atoms with Crippen LogP contribution in [0.15, 0.2) is 0 Å². The Morgan fingerprint density at radius 3 is 2.73 bits per heavy atom. The molecule has 1 aliphatic heterocycles. The molecule has 1 saturated heterocycles. The number of esters is 1. The SMILES string of the molecule is CCCOC(=O)CC(CC[C@@H]1CCSS1)OC(=O)OC(C)Cl. The first-order valence-corrected chi connectivity index (χ1v) is 10.3. The van der Waals surface area contributed by atoms with E-state index in [2.05, 4.69) is 0 Å². The first-order chi connectivity index (χ1) is 10.5. The molecular weight excluding hydrogens is 348 g/mol. The van der Waals surface area contributed by atoms with E-state index < -0.39 is 17.8 Å². The molecule has 0 amide bonds. The molecule has 0 saturated carbocycles. The minimum atomic E-state index is -0.843. The van der Waals surface area contributed by atoms with Crippen LogP contribution in [0.4, 0.5) is 4.79 Å². The van der Waals surface area contributed by atoms with Gasteiger partial charge in [-0.25, -0.2) is 4.79 Å². The standard InChI is InChI=1S/C14H23ClO5S2/c1-3-7-18-13(16)9-11(20-14(17)19-10(2)15)4-5-12-6-8-21-22-12/h10-12H,3-9H2,1-2H3/t10?,11?,12-/m1/s1. The molecule has 3 atom stereocenters. The highest BCUT2D eigenvalue weighted by Gasteiger charge is 2.24. The molecule has 128 valence electrons. The van der Waals surface area contributed by atoms with Crippen LogP contribution in [0.5, 0.6) is 0 Å². The number of carbonyl (C=O) groups is 2. The van der Waals surface area contributed by atoms with Gasteiger partial charge in [-0.1, -0.05) is 40.1 Å². The minimum absolute atomic E-state index is 0.0519. The molecule has 2 unspecified atom stereocenters. The lowest BCUT2D eigenvalue weighted by atomic mass is 10.1. The zero-order valence-electron chi connectivity index (χ0n) is 12.9. The Labute approximate surface area is 144 Å². The van der Waals surface area contributed by atoms with Gasteiger partial charge in [0.1, 0.15) is 6.10 Å². The highest BCUT2D eigenvalue weighted by molar-refractivity contribution is 8.77. The van der Waals surface area contributed by atoms with Crippen molar-refractivity contribution < 1.29 is 23.8 Å². The monoisotopic (exact) mass is 370 g/mol. The van der Waals surface area contributed by atoms with Crippen LogP contribution >= 0.6 is 33.2 Å². The molecule has 0 aromatic carbocycles. The summed E-state index contributed by atoms with van der Waals surface area (Å²) in [5.41, 5.74) is -0.762. The lowest BCUT2D eigenvalue weighted by molar-refractivity contribution is -0.146. The molecular formula is C14H23ClO5S2. The van der Waals surface area contributed by atoms with Crippen LogP contribution in [0.3, 0.4) is 0 Å². The Morgan fingerprint density at radius 1 is 1.36 bits per heavy atom. The van der Waals surface area contributed by atoms with Gasteiger partial charge < -0.3 is 14.2 Å². The quantitative estimate of drug-likeness (QED) is 0.339. The fraction of sp³-hybridized carbons (Fsp3) is 0.857. The molecule has 1 heterocycles. The van der Waals surface area contributed by atoms with Crippen LogP contribution < -0.4 is 0 Å². The highest BCUT2D eigenvalue weighted by atomic mass is 35.5. The van der Waals surface area contributed by atoms with Crippen LogP contribution in [0.1, 0.15) is 46.0 Å². The van der Waals surface area contributed by atoms with Gasteiger partial charge in [0.05, 0.1) is 13.0 Å². The van der Waals surface area contributed by atoms with E-state index in [0.29, 0.717) is 18.3 Å². The Bertz CT molecular complexity index is 348. The summed E-state index contributed by atoms with van der Waals surface area (Å²) in [4.78, 5) is 23.3. The topological polar surface area (TPSA) is 61.8 Å². The van der Waals surface area contributed by atoms with Gasteiger partial charge in [0.2, 0.25) is 0 Å². The van der Waals surface area contributed by atoms with Crippen LogP contribution in [0, 0.1) is 0 Å². The molecule has 8 heteroatoms. The Kier molecular flexibility index (Phi) is 10.2. The maximum absolute atomic E-state index is 11.7. The summed E-state index contributed by atoms with van der Waals surface area (Å²) in [5.74, 6) is 0.789. The number of rotatable bonds is 9. The molecule has 1 aliphatic rings. The zero-order valence-corrected chi connectivity index (χ0v) is 15.3. The van der Waals surface area contributed by atoms with E-state index in [1.807, 2.05) is 28.5 Å². The molecule has 0 radical (unpaired) electrons. The molecule has 22 heavy (non-hydrogen) atoms. The van der Waals surface area contributed by atoms with Gasteiger partial charge in [-0.15, -0.1) is 0 Å². The number of alkyl halides is 1. The van der Waals surface area contributed by atoms with Crippen LogP contribution in [0.2, 0.25) is 0 Å². The number of halogens is 1. The van der Waals surface area contributed by atoms with E-state index in [0.717, 1.165) is 25.0 Å². The van der Waals surface area contributed by atoms with Crippen LogP contribution in [-0.4, -0.2) is 41.4 Å². The van der Waals surface area contributed by atoms with E-state index in [4.69, 9.17) is 25.8 Å². The molecule has 0 bridgehead atoms. The van der Waals surface area contributed by atoms with E-state index in [-0.39, 0.29) is 12.4 Å². The molecule has 5 nitrogen and oxygen atoms in total. The molecule has 0 spiro atoms. The maximum atomic E-state index is 11.7. The fourth-order valence-corrected chi connectivity index (χ4v) is 4.97. The van der Waals surface area contributed by atoms with Gasteiger partial charge >= 0.3 is 12.1 Å². The van der Waals surface area contributed by atoms with Gasteiger partial charge in [0.25, 0.3) is 0 Å². The van der Waals surface area contributed by atoms with Crippen molar-refractivity contribution >= 4 is 45.3 Å². The average molecular weight is 371 g/mol. The smallest absolute Gasteiger partial charge is 0.466 e. The second-order valence-corrected chi connectivity index (χ2v) is 8.38. The van der Waals surface area contributed by atoms with Crippen LogP contribution in [-0.2, 0) is 19.0 Å². The molecule has 1 rings (SSSR count). The first-order valence-electron chi connectivity index (χ1n) is 7.46. The van der Waals surface area contributed by atoms with Crippen molar-refractivity contribution in [1.82, 2.24) is 0 Å². The van der Waals surface area contributed by atoms with Crippen molar-refractivity contribution in [3.05, 3.63) is 0 Å². The molecule has 0 aromatic heterocycles. The summed E-state index contributed by atoms with van der Waals surface area (Å²) in [6.07, 6.45) is 2.10. The van der Waals surface area contributed by atoms with Crippen molar-refractivity contribution in [3.63, 3.8) is 0 Å². The summed E-state index contributed by atoms with van der Waals surface area (Å²) < 4.78 is 15.0. The van der Waals surface area contributed by atoms with E-state index in [1.54, 1.807) is 0 Å². The highest BCUT2D eigenvalue weighted by Crippen LogP contribution is 2.40. The number of carbonyl (C=O) groups excluding carboxylic acids is 2. The Morgan fingerprint density at radius 2 is 2.14 bits per heavy atom. The summed E-state index contributed by atoms with van der Waals surface area (Å²) >= 11 is 5.59. The fourth-order valence-electron chi connectivity index (χ4n) is 1.90.